The lowest BCUT2D eigenvalue weighted by molar-refractivity contribution is -0.143. The first-order valence-corrected chi connectivity index (χ1v) is 7.17. The summed E-state index contributed by atoms with van der Waals surface area (Å²) < 4.78 is 5.37. The number of aliphatic carboxylic acids is 1. The molecule has 0 saturated heterocycles. The van der Waals surface area contributed by atoms with Crippen molar-refractivity contribution in [3.05, 3.63) is 17.3 Å². The predicted octanol–water partition coefficient (Wildman–Crippen LogP) is 1.73. The third-order valence-corrected chi connectivity index (χ3v) is 3.87. The first kappa shape index (κ1) is 15.3. The molecule has 21 heavy (non-hydrogen) atoms. The standard InChI is InChI=1S/C14H21N3O4/c1-8-9(2)21-12(16-8)7-15-14(20)17-11-6-4-3-5-10(11)13(18)19/h10-11H,3-7H2,1-2H3,(H,18,19)(H2,15,17,20). The number of hydrogen-bond acceptors (Lipinski definition) is 4. The number of nitrogens with zero attached hydrogens (tertiary/aromatic N) is 1. The highest BCUT2D eigenvalue weighted by molar-refractivity contribution is 5.76. The van der Waals surface area contributed by atoms with Crippen molar-refractivity contribution in [1.29, 1.82) is 0 Å². The monoisotopic (exact) mass is 295 g/mol. The molecule has 1 heterocycles. The fourth-order valence-corrected chi connectivity index (χ4v) is 2.59. The van der Waals surface area contributed by atoms with Crippen LogP contribution in [0.1, 0.15) is 43.0 Å². The van der Waals surface area contributed by atoms with Gasteiger partial charge in [0.2, 0.25) is 5.89 Å². The normalized spacial score (nSPS) is 21.8. The molecule has 2 unspecified atom stereocenters. The van der Waals surface area contributed by atoms with Gasteiger partial charge in [0.1, 0.15) is 5.76 Å². The van der Waals surface area contributed by atoms with E-state index in [0.717, 1.165) is 24.3 Å². The molecule has 7 nitrogen and oxygen atoms in total. The molecule has 116 valence electrons. The van der Waals surface area contributed by atoms with Gasteiger partial charge in [0.15, 0.2) is 0 Å². The van der Waals surface area contributed by atoms with E-state index in [1.807, 2.05) is 13.8 Å². The molecular formula is C14H21N3O4. The minimum absolute atomic E-state index is 0.185. The molecule has 3 N–H and O–H groups in total. The lowest BCUT2D eigenvalue weighted by atomic mass is 9.84. The number of rotatable bonds is 4. The minimum Gasteiger partial charge on any atom is -0.481 e. The van der Waals surface area contributed by atoms with Crippen molar-refractivity contribution in [1.82, 2.24) is 15.6 Å². The van der Waals surface area contributed by atoms with Crippen LogP contribution in [0.3, 0.4) is 0 Å². The number of nitrogens with one attached hydrogen (secondary N) is 2. The number of aryl methyl sites for hydroxylation is 2. The Hall–Kier alpha value is -2.05. The van der Waals surface area contributed by atoms with Crippen molar-refractivity contribution in [3.63, 3.8) is 0 Å². The van der Waals surface area contributed by atoms with Gasteiger partial charge in [-0.3, -0.25) is 4.79 Å². The average Bonchev–Trinajstić information content (AvgIpc) is 2.76. The quantitative estimate of drug-likeness (QED) is 0.784. The molecule has 1 aliphatic carbocycles. The summed E-state index contributed by atoms with van der Waals surface area (Å²) in [4.78, 5) is 27.2. The van der Waals surface area contributed by atoms with Crippen molar-refractivity contribution in [2.45, 2.75) is 52.1 Å². The van der Waals surface area contributed by atoms with Crippen LogP contribution in [0.4, 0.5) is 4.79 Å². The van der Waals surface area contributed by atoms with Crippen LogP contribution in [-0.4, -0.2) is 28.1 Å². The molecule has 0 aliphatic heterocycles. The molecule has 1 aliphatic rings. The lowest BCUT2D eigenvalue weighted by Crippen LogP contribution is -2.48. The average molecular weight is 295 g/mol. The van der Waals surface area contributed by atoms with E-state index in [0.29, 0.717) is 18.7 Å². The Kier molecular flexibility index (Phi) is 4.82. The van der Waals surface area contributed by atoms with E-state index in [2.05, 4.69) is 15.6 Å². The summed E-state index contributed by atoms with van der Waals surface area (Å²) in [5.74, 6) is -0.182. The van der Waals surface area contributed by atoms with Crippen LogP contribution in [0.5, 0.6) is 0 Å². The molecule has 2 atom stereocenters. The lowest BCUT2D eigenvalue weighted by Gasteiger charge is -2.29. The summed E-state index contributed by atoms with van der Waals surface area (Å²) in [6.07, 6.45) is 3.14. The van der Waals surface area contributed by atoms with Gasteiger partial charge < -0.3 is 20.2 Å². The smallest absolute Gasteiger partial charge is 0.315 e. The van der Waals surface area contributed by atoms with Crippen LogP contribution < -0.4 is 10.6 Å². The maximum atomic E-state index is 11.9. The predicted molar refractivity (Wildman–Crippen MR) is 74.7 cm³/mol. The van der Waals surface area contributed by atoms with E-state index < -0.39 is 11.9 Å². The molecule has 0 bridgehead atoms. The number of carbonyl (C=O) groups excluding carboxylic acids is 1. The maximum Gasteiger partial charge on any atom is 0.315 e. The van der Waals surface area contributed by atoms with Crippen LogP contribution in [0.2, 0.25) is 0 Å². The van der Waals surface area contributed by atoms with Gasteiger partial charge in [-0.05, 0) is 26.7 Å². The van der Waals surface area contributed by atoms with Gasteiger partial charge >= 0.3 is 12.0 Å². The molecule has 1 aromatic heterocycles. The summed E-state index contributed by atoms with van der Waals surface area (Å²) >= 11 is 0. The topological polar surface area (TPSA) is 104 Å². The van der Waals surface area contributed by atoms with E-state index in [1.165, 1.54) is 0 Å². The molecule has 2 amide bonds. The van der Waals surface area contributed by atoms with Crippen LogP contribution in [0.15, 0.2) is 4.42 Å². The highest BCUT2D eigenvalue weighted by atomic mass is 16.4. The Bertz CT molecular complexity index is 507. The van der Waals surface area contributed by atoms with E-state index in [1.54, 1.807) is 0 Å². The van der Waals surface area contributed by atoms with Crippen molar-refractivity contribution < 1.29 is 19.1 Å². The van der Waals surface area contributed by atoms with Crippen molar-refractivity contribution in [3.8, 4) is 0 Å². The number of aromatic nitrogens is 1. The maximum absolute atomic E-state index is 11.9. The molecule has 0 radical (unpaired) electrons. The van der Waals surface area contributed by atoms with Gasteiger partial charge in [-0.2, -0.15) is 0 Å². The van der Waals surface area contributed by atoms with Gasteiger partial charge in [-0.15, -0.1) is 0 Å². The number of urea groups is 1. The Labute approximate surface area is 123 Å². The number of hydrogen-bond donors (Lipinski definition) is 3. The second-order valence-electron chi connectivity index (χ2n) is 5.41. The molecule has 7 heteroatoms. The first-order chi connectivity index (χ1) is 9.97. The van der Waals surface area contributed by atoms with Crippen LogP contribution in [0, 0.1) is 19.8 Å². The third-order valence-electron chi connectivity index (χ3n) is 3.87. The van der Waals surface area contributed by atoms with Crippen LogP contribution in [-0.2, 0) is 11.3 Å². The van der Waals surface area contributed by atoms with Crippen LogP contribution in [0.25, 0.3) is 0 Å². The highest BCUT2D eigenvalue weighted by Gasteiger charge is 2.31. The van der Waals surface area contributed by atoms with Crippen LogP contribution >= 0.6 is 0 Å². The minimum atomic E-state index is -0.848. The van der Waals surface area contributed by atoms with E-state index in [-0.39, 0.29) is 18.6 Å². The zero-order valence-electron chi connectivity index (χ0n) is 12.3. The largest absolute Gasteiger partial charge is 0.481 e. The third kappa shape index (κ3) is 3.96. The molecule has 1 fully saturated rings. The Balaban J connectivity index is 1.84. The molecular weight excluding hydrogens is 274 g/mol. The number of carboxylic acid groups (broad SMARTS) is 1. The van der Waals surface area contributed by atoms with Crippen molar-refractivity contribution in [2.24, 2.45) is 5.92 Å². The molecule has 0 spiro atoms. The molecule has 1 saturated carbocycles. The summed E-state index contributed by atoms with van der Waals surface area (Å²) in [6.45, 7) is 3.83. The van der Waals surface area contributed by atoms with Gasteiger partial charge in [0, 0.05) is 6.04 Å². The Morgan fingerprint density at radius 1 is 1.33 bits per heavy atom. The number of oxazole rings is 1. The number of amides is 2. The fraction of sp³-hybridized carbons (Fsp3) is 0.643. The Morgan fingerprint density at radius 3 is 2.67 bits per heavy atom. The molecule has 0 aromatic carbocycles. The number of carboxylic acids is 1. The molecule has 1 aromatic rings. The summed E-state index contributed by atoms with van der Waals surface area (Å²) in [5.41, 5.74) is 0.797. The van der Waals surface area contributed by atoms with Gasteiger partial charge in [0.05, 0.1) is 18.2 Å². The van der Waals surface area contributed by atoms with Gasteiger partial charge in [0.25, 0.3) is 0 Å². The van der Waals surface area contributed by atoms with E-state index >= 15 is 0 Å². The second kappa shape index (κ2) is 6.60. The summed E-state index contributed by atoms with van der Waals surface area (Å²) in [5, 5.41) is 14.6. The second-order valence-corrected chi connectivity index (χ2v) is 5.41. The highest BCUT2D eigenvalue weighted by Crippen LogP contribution is 2.24. The van der Waals surface area contributed by atoms with E-state index in [4.69, 9.17) is 9.52 Å². The summed E-state index contributed by atoms with van der Waals surface area (Å²) in [7, 11) is 0. The van der Waals surface area contributed by atoms with Gasteiger partial charge in [-0.25, -0.2) is 9.78 Å². The fourth-order valence-electron chi connectivity index (χ4n) is 2.59. The van der Waals surface area contributed by atoms with Gasteiger partial charge in [-0.1, -0.05) is 12.8 Å². The van der Waals surface area contributed by atoms with Crippen molar-refractivity contribution in [2.75, 3.05) is 0 Å². The molecule has 2 rings (SSSR count). The van der Waals surface area contributed by atoms with E-state index in [9.17, 15) is 9.59 Å². The summed E-state index contributed by atoms with van der Waals surface area (Å²) in [6, 6.07) is -0.703. The van der Waals surface area contributed by atoms with Crippen molar-refractivity contribution >= 4 is 12.0 Å². The SMILES string of the molecule is Cc1nc(CNC(=O)NC2CCCCC2C(=O)O)oc1C. The first-order valence-electron chi connectivity index (χ1n) is 7.17. The Morgan fingerprint density at radius 2 is 2.05 bits per heavy atom. The number of carbonyl (C=O) groups is 2. The zero-order valence-corrected chi connectivity index (χ0v) is 12.3. The zero-order chi connectivity index (χ0) is 15.4.